The second kappa shape index (κ2) is 1.73. The van der Waals surface area contributed by atoms with Gasteiger partial charge in [-0.3, -0.25) is 0 Å². The van der Waals surface area contributed by atoms with E-state index in [0.29, 0.717) is 5.82 Å². The first-order valence-corrected chi connectivity index (χ1v) is 2.18. The van der Waals surface area contributed by atoms with Crippen molar-refractivity contribution in [2.24, 2.45) is 0 Å². The van der Waals surface area contributed by atoms with Gasteiger partial charge in [0.05, 0.1) is 6.20 Å². The lowest BCUT2D eigenvalue weighted by molar-refractivity contribution is 0.139. The zero-order chi connectivity index (χ0) is 5.98. The molecule has 0 aliphatic heterocycles. The maximum Gasteiger partial charge on any atom is 0.163 e. The lowest BCUT2D eigenvalue weighted by atomic mass is 10.7. The van der Waals surface area contributed by atoms with Crippen LogP contribution in [0.2, 0.25) is 0 Å². The maximum absolute atomic E-state index is 5.33. The molecule has 0 radical (unpaired) electrons. The molecule has 0 bridgehead atoms. The van der Waals surface area contributed by atoms with Gasteiger partial charge in [-0.15, -0.1) is 5.10 Å². The zero-order valence-corrected chi connectivity index (χ0v) is 4.53. The normalized spacial score (nSPS) is 9.12. The van der Waals surface area contributed by atoms with Crippen molar-refractivity contribution in [3.63, 3.8) is 0 Å². The van der Waals surface area contributed by atoms with Gasteiger partial charge in [0.2, 0.25) is 0 Å². The summed E-state index contributed by atoms with van der Waals surface area (Å²) in [5.41, 5.74) is 5.33. The molecule has 44 valence electrons. The Balaban J connectivity index is 2.92. The number of hydrogen-bond donors (Lipinski definition) is 1. The second-order valence-electron chi connectivity index (χ2n) is 1.31. The van der Waals surface area contributed by atoms with Gasteiger partial charge >= 0.3 is 0 Å². The standard InChI is InChI=1S/C4H7N3O/c1-8-7-4(5)2-3-6-7/h2-3H,5H2,1H3. The Hall–Kier alpha value is -1.19. The number of rotatable bonds is 1. The Morgan fingerprint density at radius 3 is 2.88 bits per heavy atom. The molecular formula is C4H7N3O. The number of hydrogen-bond acceptors (Lipinski definition) is 3. The summed E-state index contributed by atoms with van der Waals surface area (Å²) in [4.78, 5) is 5.90. The maximum atomic E-state index is 5.33. The highest BCUT2D eigenvalue weighted by Gasteiger charge is 1.90. The summed E-state index contributed by atoms with van der Waals surface area (Å²) in [6.07, 6.45) is 1.57. The number of nitrogen functional groups attached to an aromatic ring is 1. The van der Waals surface area contributed by atoms with Crippen LogP contribution in [-0.2, 0) is 0 Å². The lowest BCUT2D eigenvalue weighted by Crippen LogP contribution is -2.10. The largest absolute Gasteiger partial charge is 0.398 e. The molecule has 0 atom stereocenters. The Morgan fingerprint density at radius 1 is 1.88 bits per heavy atom. The van der Waals surface area contributed by atoms with E-state index in [1.54, 1.807) is 12.3 Å². The summed E-state index contributed by atoms with van der Waals surface area (Å²) < 4.78 is 0. The van der Waals surface area contributed by atoms with Gasteiger partial charge < -0.3 is 10.6 Å². The van der Waals surface area contributed by atoms with Crippen molar-refractivity contribution >= 4 is 5.82 Å². The minimum atomic E-state index is 0.507. The molecule has 0 saturated heterocycles. The van der Waals surface area contributed by atoms with E-state index in [2.05, 4.69) is 9.94 Å². The molecule has 0 spiro atoms. The smallest absolute Gasteiger partial charge is 0.163 e. The molecule has 1 aromatic heterocycles. The minimum Gasteiger partial charge on any atom is -0.398 e. The highest BCUT2D eigenvalue weighted by molar-refractivity contribution is 5.24. The molecule has 2 N–H and O–H groups in total. The fourth-order valence-corrected chi connectivity index (χ4v) is 0.453. The van der Waals surface area contributed by atoms with Crippen LogP contribution in [0.3, 0.4) is 0 Å². The van der Waals surface area contributed by atoms with E-state index in [0.717, 1.165) is 0 Å². The van der Waals surface area contributed by atoms with E-state index in [1.807, 2.05) is 0 Å². The van der Waals surface area contributed by atoms with E-state index in [4.69, 9.17) is 5.73 Å². The summed E-state index contributed by atoms with van der Waals surface area (Å²) >= 11 is 0. The molecule has 0 fully saturated rings. The molecule has 0 amide bonds. The summed E-state index contributed by atoms with van der Waals surface area (Å²) in [6.45, 7) is 0. The molecule has 1 aromatic rings. The van der Waals surface area contributed by atoms with Crippen LogP contribution in [0.1, 0.15) is 0 Å². The third-order valence-corrected chi connectivity index (χ3v) is 0.811. The summed E-state index contributed by atoms with van der Waals surface area (Å²) in [5, 5.41) is 3.70. The van der Waals surface area contributed by atoms with Gasteiger partial charge in [-0.1, -0.05) is 4.85 Å². The Kier molecular flexibility index (Phi) is 1.07. The van der Waals surface area contributed by atoms with Crippen molar-refractivity contribution in [1.82, 2.24) is 9.94 Å². The van der Waals surface area contributed by atoms with Gasteiger partial charge in [0.25, 0.3) is 0 Å². The Labute approximate surface area is 46.8 Å². The van der Waals surface area contributed by atoms with Crippen molar-refractivity contribution in [3.05, 3.63) is 12.3 Å². The topological polar surface area (TPSA) is 53.1 Å². The zero-order valence-electron chi connectivity index (χ0n) is 4.53. The van der Waals surface area contributed by atoms with Gasteiger partial charge in [0, 0.05) is 6.07 Å². The van der Waals surface area contributed by atoms with Crippen molar-refractivity contribution in [2.45, 2.75) is 0 Å². The van der Waals surface area contributed by atoms with Crippen LogP contribution in [0.5, 0.6) is 0 Å². The first-order valence-electron chi connectivity index (χ1n) is 2.18. The molecule has 0 saturated carbocycles. The number of nitrogens with two attached hydrogens (primary N) is 1. The van der Waals surface area contributed by atoms with E-state index in [-0.39, 0.29) is 0 Å². The van der Waals surface area contributed by atoms with Gasteiger partial charge in [-0.05, 0) is 0 Å². The highest BCUT2D eigenvalue weighted by Crippen LogP contribution is 1.93. The molecule has 8 heavy (non-hydrogen) atoms. The quantitative estimate of drug-likeness (QED) is 0.535. The average molecular weight is 113 g/mol. The van der Waals surface area contributed by atoms with Gasteiger partial charge in [0.1, 0.15) is 7.11 Å². The van der Waals surface area contributed by atoms with Gasteiger partial charge in [-0.2, -0.15) is 0 Å². The van der Waals surface area contributed by atoms with Gasteiger partial charge in [0.15, 0.2) is 5.82 Å². The van der Waals surface area contributed by atoms with E-state index in [9.17, 15) is 0 Å². The lowest BCUT2D eigenvalue weighted by Gasteiger charge is -1.96. The van der Waals surface area contributed by atoms with Crippen molar-refractivity contribution in [3.8, 4) is 0 Å². The van der Waals surface area contributed by atoms with Crippen molar-refractivity contribution in [1.29, 1.82) is 0 Å². The third-order valence-electron chi connectivity index (χ3n) is 0.811. The Bertz CT molecular complexity index is 172. The first-order chi connectivity index (χ1) is 3.84. The summed E-state index contributed by atoms with van der Waals surface area (Å²) in [6, 6.07) is 1.66. The van der Waals surface area contributed by atoms with Gasteiger partial charge in [-0.25, -0.2) is 0 Å². The molecule has 1 rings (SSSR count). The molecular weight excluding hydrogens is 106 g/mol. The fourth-order valence-electron chi connectivity index (χ4n) is 0.453. The molecule has 0 aliphatic rings. The van der Waals surface area contributed by atoms with E-state index in [1.165, 1.54) is 12.0 Å². The molecule has 4 heteroatoms. The summed E-state index contributed by atoms with van der Waals surface area (Å²) in [5.74, 6) is 0.507. The number of aromatic nitrogens is 2. The number of anilines is 1. The number of nitrogens with zero attached hydrogens (tertiary/aromatic N) is 2. The molecule has 0 unspecified atom stereocenters. The predicted molar refractivity (Wildman–Crippen MR) is 29.1 cm³/mol. The Morgan fingerprint density at radius 2 is 2.62 bits per heavy atom. The third kappa shape index (κ3) is 0.598. The van der Waals surface area contributed by atoms with Crippen LogP contribution in [0, 0.1) is 0 Å². The van der Waals surface area contributed by atoms with Crippen LogP contribution in [0.4, 0.5) is 5.82 Å². The molecule has 0 aromatic carbocycles. The predicted octanol–water partition coefficient (Wildman–Crippen LogP) is -0.476. The van der Waals surface area contributed by atoms with Crippen LogP contribution in [-0.4, -0.2) is 17.1 Å². The second-order valence-corrected chi connectivity index (χ2v) is 1.31. The van der Waals surface area contributed by atoms with Crippen LogP contribution < -0.4 is 10.6 Å². The van der Waals surface area contributed by atoms with Crippen molar-refractivity contribution < 1.29 is 4.84 Å². The molecule has 0 aliphatic carbocycles. The highest BCUT2D eigenvalue weighted by atomic mass is 16.7. The summed E-state index contributed by atoms with van der Waals surface area (Å²) in [7, 11) is 1.50. The van der Waals surface area contributed by atoms with Crippen LogP contribution in [0.25, 0.3) is 0 Å². The molecule has 4 nitrogen and oxygen atoms in total. The minimum absolute atomic E-state index is 0.507. The average Bonchev–Trinajstić information content (AvgIpc) is 2.14. The monoisotopic (exact) mass is 113 g/mol. The SMILES string of the molecule is COn1nccc1N. The van der Waals surface area contributed by atoms with E-state index >= 15 is 0 Å². The fraction of sp³-hybridized carbons (Fsp3) is 0.250. The first kappa shape index (κ1) is 4.96. The van der Waals surface area contributed by atoms with Crippen LogP contribution >= 0.6 is 0 Å². The molecule has 1 heterocycles. The van der Waals surface area contributed by atoms with E-state index < -0.39 is 0 Å². The van der Waals surface area contributed by atoms with Crippen molar-refractivity contribution in [2.75, 3.05) is 12.8 Å². The van der Waals surface area contributed by atoms with Crippen LogP contribution in [0.15, 0.2) is 12.3 Å².